The lowest BCUT2D eigenvalue weighted by atomic mass is 9.97. The Kier molecular flexibility index (Phi) is 7.92. The molecule has 6 heteroatoms. The Morgan fingerprint density at radius 1 is 0.879 bits per heavy atom. The minimum Gasteiger partial charge on any atom is -0.348 e. The van der Waals surface area contributed by atoms with E-state index >= 15 is 0 Å². The number of anilines is 1. The van der Waals surface area contributed by atoms with Crippen molar-refractivity contribution in [2.45, 2.75) is 45.1 Å². The monoisotopic (exact) mass is 464 g/mol. The molecule has 5 nitrogen and oxygen atoms in total. The van der Waals surface area contributed by atoms with E-state index in [0.29, 0.717) is 11.6 Å². The summed E-state index contributed by atoms with van der Waals surface area (Å²) in [5, 5.41) is 3.07. The fourth-order valence-corrected chi connectivity index (χ4v) is 5.15. The maximum atomic E-state index is 13.5. The number of hydrogen-bond acceptors (Lipinski definition) is 3. The van der Waals surface area contributed by atoms with E-state index in [9.17, 15) is 13.2 Å². The van der Waals surface area contributed by atoms with Crippen LogP contribution >= 0.6 is 0 Å². The first-order valence-corrected chi connectivity index (χ1v) is 12.6. The van der Waals surface area contributed by atoms with Crippen molar-refractivity contribution >= 4 is 21.6 Å². The summed E-state index contributed by atoms with van der Waals surface area (Å²) in [6.45, 7) is 7.80. The van der Waals surface area contributed by atoms with Gasteiger partial charge in [0.1, 0.15) is 6.54 Å². The lowest BCUT2D eigenvalue weighted by Crippen LogP contribution is -2.42. The van der Waals surface area contributed by atoms with Crippen LogP contribution in [0.4, 0.5) is 5.69 Å². The molecule has 0 saturated carbocycles. The van der Waals surface area contributed by atoms with E-state index in [-0.39, 0.29) is 23.4 Å². The molecular formula is C27H32N2O3S. The van der Waals surface area contributed by atoms with Gasteiger partial charge in [0.05, 0.1) is 16.6 Å². The Bertz CT molecular complexity index is 1180. The topological polar surface area (TPSA) is 66.5 Å². The number of aryl methyl sites for hydroxylation is 2. The van der Waals surface area contributed by atoms with Crippen LogP contribution in [0.25, 0.3) is 0 Å². The molecule has 3 aromatic rings. The number of nitrogens with one attached hydrogen (secondary N) is 1. The Hall–Kier alpha value is -3.12. The van der Waals surface area contributed by atoms with Gasteiger partial charge in [-0.1, -0.05) is 68.4 Å². The van der Waals surface area contributed by atoms with E-state index in [4.69, 9.17) is 0 Å². The van der Waals surface area contributed by atoms with Crippen molar-refractivity contribution in [3.63, 3.8) is 0 Å². The lowest BCUT2D eigenvalue weighted by Gasteiger charge is -2.27. The Morgan fingerprint density at radius 3 is 2.06 bits per heavy atom. The van der Waals surface area contributed by atoms with Crippen molar-refractivity contribution in [1.82, 2.24) is 5.32 Å². The average Bonchev–Trinajstić information content (AvgIpc) is 2.80. The number of hydrogen-bond donors (Lipinski definition) is 1. The minimum atomic E-state index is -3.93. The van der Waals surface area contributed by atoms with Gasteiger partial charge in [0.15, 0.2) is 0 Å². The van der Waals surface area contributed by atoms with Crippen LogP contribution in [0.3, 0.4) is 0 Å². The lowest BCUT2D eigenvalue weighted by molar-refractivity contribution is -0.120. The van der Waals surface area contributed by atoms with Crippen molar-refractivity contribution in [3.8, 4) is 0 Å². The summed E-state index contributed by atoms with van der Waals surface area (Å²) in [4.78, 5) is 13.4. The summed E-state index contributed by atoms with van der Waals surface area (Å²) >= 11 is 0. The standard InChI is InChI=1S/C27H32N2O3S/c1-20(2)17-26(23-11-7-5-8-12-23)28-27(30)19-29(24-16-15-21(3)22(4)18-24)33(31,32)25-13-9-6-10-14-25/h5-16,18,20,26H,17,19H2,1-4H3,(H,28,30)/t26-/m0/s1. The summed E-state index contributed by atoms with van der Waals surface area (Å²) in [5.41, 5.74) is 3.49. The zero-order valence-corrected chi connectivity index (χ0v) is 20.5. The molecular weight excluding hydrogens is 432 g/mol. The van der Waals surface area contributed by atoms with E-state index in [2.05, 4.69) is 19.2 Å². The van der Waals surface area contributed by atoms with Gasteiger partial charge in [-0.3, -0.25) is 9.10 Å². The summed E-state index contributed by atoms with van der Waals surface area (Å²) < 4.78 is 28.3. The second-order valence-electron chi connectivity index (χ2n) is 8.75. The summed E-state index contributed by atoms with van der Waals surface area (Å²) in [7, 11) is -3.93. The molecule has 0 bridgehead atoms. The smallest absolute Gasteiger partial charge is 0.264 e. The fourth-order valence-electron chi connectivity index (χ4n) is 3.72. The third-order valence-corrected chi connectivity index (χ3v) is 7.43. The van der Waals surface area contributed by atoms with Crippen molar-refractivity contribution in [2.75, 3.05) is 10.8 Å². The summed E-state index contributed by atoms with van der Waals surface area (Å²) in [5.74, 6) is 0.0154. The van der Waals surface area contributed by atoms with Gasteiger partial charge < -0.3 is 5.32 Å². The normalized spacial score (nSPS) is 12.4. The van der Waals surface area contributed by atoms with Crippen LogP contribution in [0.1, 0.15) is 43.0 Å². The highest BCUT2D eigenvalue weighted by atomic mass is 32.2. The molecule has 3 rings (SSSR count). The highest BCUT2D eigenvalue weighted by Crippen LogP contribution is 2.26. The first-order chi connectivity index (χ1) is 15.7. The van der Waals surface area contributed by atoms with E-state index in [1.54, 1.807) is 36.4 Å². The average molecular weight is 465 g/mol. The molecule has 0 aliphatic carbocycles. The van der Waals surface area contributed by atoms with Crippen LogP contribution in [0, 0.1) is 19.8 Å². The van der Waals surface area contributed by atoms with E-state index < -0.39 is 10.0 Å². The van der Waals surface area contributed by atoms with E-state index in [1.165, 1.54) is 4.31 Å². The summed E-state index contributed by atoms with van der Waals surface area (Å²) in [6, 6.07) is 23.2. The van der Waals surface area contributed by atoms with Gasteiger partial charge >= 0.3 is 0 Å². The maximum absolute atomic E-state index is 13.5. The number of nitrogens with zero attached hydrogens (tertiary/aromatic N) is 1. The molecule has 0 spiro atoms. The number of sulfonamides is 1. The molecule has 1 atom stereocenters. The van der Waals surface area contributed by atoms with Crippen LogP contribution in [0.15, 0.2) is 83.8 Å². The van der Waals surface area contributed by atoms with Crippen molar-refractivity contribution in [1.29, 1.82) is 0 Å². The highest BCUT2D eigenvalue weighted by molar-refractivity contribution is 7.92. The summed E-state index contributed by atoms with van der Waals surface area (Å²) in [6.07, 6.45) is 0.755. The highest BCUT2D eigenvalue weighted by Gasteiger charge is 2.28. The molecule has 0 aliphatic rings. The molecule has 33 heavy (non-hydrogen) atoms. The predicted octanol–water partition coefficient (Wildman–Crippen LogP) is 5.40. The maximum Gasteiger partial charge on any atom is 0.264 e. The third-order valence-electron chi connectivity index (χ3n) is 5.64. The molecule has 0 heterocycles. The third kappa shape index (κ3) is 6.23. The van der Waals surface area contributed by atoms with Crippen molar-refractivity contribution < 1.29 is 13.2 Å². The number of rotatable bonds is 9. The van der Waals surface area contributed by atoms with Crippen LogP contribution in [-0.4, -0.2) is 20.9 Å². The molecule has 1 amide bonds. The van der Waals surface area contributed by atoms with Crippen LogP contribution in [-0.2, 0) is 14.8 Å². The SMILES string of the molecule is Cc1ccc(N(CC(=O)N[C@@H](CC(C)C)c2ccccc2)S(=O)(=O)c2ccccc2)cc1C. The van der Waals surface area contributed by atoms with Crippen LogP contribution in [0.5, 0.6) is 0 Å². The first-order valence-electron chi connectivity index (χ1n) is 11.2. The fraction of sp³-hybridized carbons (Fsp3) is 0.296. The van der Waals surface area contributed by atoms with Crippen LogP contribution in [0.2, 0.25) is 0 Å². The van der Waals surface area contributed by atoms with Crippen molar-refractivity contribution in [2.24, 2.45) is 5.92 Å². The molecule has 0 saturated heterocycles. The number of amides is 1. The zero-order valence-electron chi connectivity index (χ0n) is 19.7. The quantitative estimate of drug-likeness (QED) is 0.461. The van der Waals surface area contributed by atoms with Gasteiger partial charge in [-0.05, 0) is 67.1 Å². The van der Waals surface area contributed by atoms with Gasteiger partial charge in [0, 0.05) is 0 Å². The molecule has 1 N–H and O–H groups in total. The zero-order chi connectivity index (χ0) is 24.0. The number of carbonyl (C=O) groups is 1. The Morgan fingerprint density at radius 2 is 1.48 bits per heavy atom. The van der Waals surface area contributed by atoms with Crippen molar-refractivity contribution in [3.05, 3.63) is 95.6 Å². The number of benzene rings is 3. The molecule has 3 aromatic carbocycles. The molecule has 174 valence electrons. The molecule has 0 aliphatic heterocycles. The second kappa shape index (κ2) is 10.7. The molecule has 0 unspecified atom stereocenters. The molecule has 0 fully saturated rings. The predicted molar refractivity (Wildman–Crippen MR) is 134 cm³/mol. The number of carbonyl (C=O) groups excluding carboxylic acids is 1. The minimum absolute atomic E-state index is 0.151. The first kappa shape index (κ1) is 24.5. The van der Waals surface area contributed by atoms with E-state index in [1.807, 2.05) is 56.3 Å². The second-order valence-corrected chi connectivity index (χ2v) is 10.6. The molecule has 0 aromatic heterocycles. The van der Waals surface area contributed by atoms with Crippen LogP contribution < -0.4 is 9.62 Å². The van der Waals surface area contributed by atoms with Gasteiger partial charge in [-0.15, -0.1) is 0 Å². The van der Waals surface area contributed by atoms with Gasteiger partial charge in [-0.25, -0.2) is 8.42 Å². The molecule has 0 radical (unpaired) electrons. The van der Waals surface area contributed by atoms with Gasteiger partial charge in [0.25, 0.3) is 10.0 Å². The van der Waals surface area contributed by atoms with Gasteiger partial charge in [-0.2, -0.15) is 0 Å². The van der Waals surface area contributed by atoms with E-state index in [0.717, 1.165) is 23.1 Å². The van der Waals surface area contributed by atoms with Gasteiger partial charge in [0.2, 0.25) is 5.91 Å². The largest absolute Gasteiger partial charge is 0.348 e. The Labute approximate surface area is 197 Å². The Balaban J connectivity index is 1.94.